The van der Waals surface area contributed by atoms with Gasteiger partial charge in [-0.3, -0.25) is 0 Å². The zero-order valence-corrected chi connectivity index (χ0v) is 19.2. The first-order chi connectivity index (χ1) is 16.0. The van der Waals surface area contributed by atoms with Gasteiger partial charge in [-0.2, -0.15) is 0 Å². The van der Waals surface area contributed by atoms with E-state index in [1.807, 2.05) is 36.4 Å². The lowest BCUT2D eigenvalue weighted by atomic mass is 9.96. The average molecular weight is 450 g/mol. The third kappa shape index (κ3) is 4.17. The zero-order valence-electron chi connectivity index (χ0n) is 19.2. The van der Waals surface area contributed by atoms with Crippen molar-refractivity contribution in [1.82, 2.24) is 9.97 Å². The van der Waals surface area contributed by atoms with Gasteiger partial charge in [0.2, 0.25) is 5.88 Å². The predicted molar refractivity (Wildman–Crippen MR) is 125 cm³/mol. The van der Waals surface area contributed by atoms with E-state index in [9.17, 15) is 4.79 Å². The highest BCUT2D eigenvalue weighted by Gasteiger charge is 2.24. The molecule has 8 nitrogen and oxygen atoms in total. The Morgan fingerprint density at radius 2 is 1.79 bits per heavy atom. The molecule has 0 bridgehead atoms. The molecule has 0 unspecified atom stereocenters. The Kier molecular flexibility index (Phi) is 6.37. The number of carbonyl (C=O) groups is 1. The second-order valence-electron chi connectivity index (χ2n) is 7.68. The van der Waals surface area contributed by atoms with Crippen LogP contribution in [0.1, 0.15) is 19.4 Å². The van der Waals surface area contributed by atoms with Crippen LogP contribution in [0, 0.1) is 0 Å². The number of fused-ring (bicyclic) bond motifs is 3. The highest BCUT2D eigenvalue weighted by atomic mass is 16.7. The van der Waals surface area contributed by atoms with E-state index in [2.05, 4.69) is 9.97 Å². The highest BCUT2D eigenvalue weighted by molar-refractivity contribution is 6.17. The number of methoxy groups -OCH3 is 3. The number of pyridine rings is 1. The van der Waals surface area contributed by atoms with Crippen LogP contribution in [-0.4, -0.2) is 43.6 Å². The quantitative estimate of drug-likeness (QED) is 0.373. The van der Waals surface area contributed by atoms with Gasteiger partial charge in [0, 0.05) is 29.5 Å². The Bertz CT molecular complexity index is 1300. The van der Waals surface area contributed by atoms with Gasteiger partial charge >= 0.3 is 6.16 Å². The van der Waals surface area contributed by atoms with Gasteiger partial charge in [-0.25, -0.2) is 9.78 Å². The first-order valence-corrected chi connectivity index (χ1v) is 10.5. The normalized spacial score (nSPS) is 11.2. The minimum atomic E-state index is -0.823. The summed E-state index contributed by atoms with van der Waals surface area (Å²) in [5.41, 5.74) is 3.99. The predicted octanol–water partition coefficient (Wildman–Crippen LogP) is 5.47. The molecule has 0 saturated heterocycles. The number of ether oxygens (including phenoxy) is 5. The Balaban J connectivity index is 2.07. The summed E-state index contributed by atoms with van der Waals surface area (Å²) >= 11 is 0. The van der Waals surface area contributed by atoms with E-state index >= 15 is 0 Å². The summed E-state index contributed by atoms with van der Waals surface area (Å²) in [4.78, 5) is 20.0. The van der Waals surface area contributed by atoms with Crippen LogP contribution in [0.5, 0.6) is 17.4 Å². The molecule has 2 aromatic carbocycles. The number of aromatic amines is 1. The summed E-state index contributed by atoms with van der Waals surface area (Å²) < 4.78 is 27.5. The molecule has 0 radical (unpaired) electrons. The summed E-state index contributed by atoms with van der Waals surface area (Å²) in [6.07, 6.45) is 0.485. The van der Waals surface area contributed by atoms with Crippen molar-refractivity contribution < 1.29 is 28.5 Å². The van der Waals surface area contributed by atoms with Gasteiger partial charge < -0.3 is 28.7 Å². The Morgan fingerprint density at radius 3 is 2.42 bits per heavy atom. The fourth-order valence-corrected chi connectivity index (χ4v) is 3.96. The van der Waals surface area contributed by atoms with Crippen molar-refractivity contribution in [3.8, 4) is 28.5 Å². The van der Waals surface area contributed by atoms with Crippen LogP contribution in [-0.2, 0) is 16.1 Å². The van der Waals surface area contributed by atoms with Gasteiger partial charge in [-0.05, 0) is 19.4 Å². The summed E-state index contributed by atoms with van der Waals surface area (Å²) in [5, 5.41) is 1.69. The molecular weight excluding hydrogens is 424 g/mol. The summed E-state index contributed by atoms with van der Waals surface area (Å²) in [5.74, 6) is 1.32. The smallest absolute Gasteiger partial charge is 0.493 e. The molecule has 0 saturated carbocycles. The van der Waals surface area contributed by atoms with Gasteiger partial charge in [-0.1, -0.05) is 30.3 Å². The van der Waals surface area contributed by atoms with E-state index in [4.69, 9.17) is 23.7 Å². The van der Waals surface area contributed by atoms with Crippen LogP contribution in [0.3, 0.4) is 0 Å². The molecule has 0 spiro atoms. The molecule has 0 aliphatic rings. The molecule has 0 aliphatic heterocycles. The first kappa shape index (κ1) is 22.4. The van der Waals surface area contributed by atoms with Crippen molar-refractivity contribution in [2.45, 2.75) is 26.6 Å². The molecule has 33 heavy (non-hydrogen) atoms. The molecule has 2 aromatic heterocycles. The third-order valence-electron chi connectivity index (χ3n) is 5.19. The molecule has 0 aliphatic carbocycles. The summed E-state index contributed by atoms with van der Waals surface area (Å²) in [7, 11) is 4.79. The maximum absolute atomic E-state index is 12.2. The minimum Gasteiger partial charge on any atom is -0.493 e. The number of benzene rings is 2. The van der Waals surface area contributed by atoms with Crippen LogP contribution < -0.4 is 14.2 Å². The maximum Gasteiger partial charge on any atom is 0.515 e. The minimum absolute atomic E-state index is 0.129. The van der Waals surface area contributed by atoms with Gasteiger partial charge in [0.15, 0.2) is 11.5 Å². The fraction of sp³-hybridized carbons (Fsp3) is 0.280. The molecule has 4 aromatic rings. The van der Waals surface area contributed by atoms with Crippen LogP contribution in [0.4, 0.5) is 4.79 Å². The number of H-pyrrole nitrogens is 1. The van der Waals surface area contributed by atoms with Crippen LogP contribution in [0.25, 0.3) is 32.9 Å². The number of hydrogen-bond acceptors (Lipinski definition) is 7. The first-order valence-electron chi connectivity index (χ1n) is 10.5. The van der Waals surface area contributed by atoms with E-state index < -0.39 is 6.16 Å². The average Bonchev–Trinajstić information content (AvgIpc) is 3.17. The molecule has 8 heteroatoms. The summed E-state index contributed by atoms with van der Waals surface area (Å²) in [6.45, 7) is 3.67. The van der Waals surface area contributed by atoms with Crippen molar-refractivity contribution in [1.29, 1.82) is 0 Å². The van der Waals surface area contributed by atoms with Crippen molar-refractivity contribution in [3.63, 3.8) is 0 Å². The Hall–Kier alpha value is -3.78. The molecule has 0 atom stereocenters. The van der Waals surface area contributed by atoms with Crippen LogP contribution in [0.2, 0.25) is 0 Å². The maximum atomic E-state index is 12.2. The topological polar surface area (TPSA) is 91.9 Å². The van der Waals surface area contributed by atoms with E-state index in [1.54, 1.807) is 41.4 Å². The Morgan fingerprint density at radius 1 is 1.03 bits per heavy atom. The molecule has 172 valence electrons. The number of rotatable bonds is 7. The number of hydrogen-bond donors (Lipinski definition) is 1. The lowest BCUT2D eigenvalue weighted by Crippen LogP contribution is -2.17. The molecular formula is C25H26N2O6. The van der Waals surface area contributed by atoms with Gasteiger partial charge in [-0.15, -0.1) is 0 Å². The van der Waals surface area contributed by atoms with Crippen LogP contribution in [0.15, 0.2) is 42.6 Å². The molecule has 2 heterocycles. The van der Waals surface area contributed by atoms with Gasteiger partial charge in [0.05, 0.1) is 49.7 Å². The van der Waals surface area contributed by atoms with Crippen molar-refractivity contribution in [3.05, 3.63) is 48.2 Å². The highest BCUT2D eigenvalue weighted by Crippen LogP contribution is 2.47. The van der Waals surface area contributed by atoms with E-state index in [-0.39, 0.29) is 18.6 Å². The lowest BCUT2D eigenvalue weighted by Gasteiger charge is -2.16. The van der Waals surface area contributed by atoms with Gasteiger partial charge in [0.1, 0.15) is 0 Å². The van der Waals surface area contributed by atoms with Crippen LogP contribution >= 0.6 is 0 Å². The number of nitrogens with one attached hydrogen (secondary N) is 1. The molecule has 4 rings (SSSR count). The third-order valence-corrected chi connectivity index (χ3v) is 5.19. The standard InChI is InChI=1S/C25H26N2O6/c1-14(2)32-25(28)33-24-16(13-29-3)21-18(12-26-24)27-17-11-19(30-4)23(31-5)20(22(17)21)15-9-7-6-8-10-15/h6-12,14,27H,13H2,1-5H3. The van der Waals surface area contributed by atoms with E-state index in [0.29, 0.717) is 17.1 Å². The van der Waals surface area contributed by atoms with Crippen molar-refractivity contribution >= 4 is 28.0 Å². The molecule has 1 N–H and O–H groups in total. The van der Waals surface area contributed by atoms with Crippen molar-refractivity contribution in [2.75, 3.05) is 21.3 Å². The second kappa shape index (κ2) is 9.38. The molecule has 0 fully saturated rings. The summed E-state index contributed by atoms with van der Waals surface area (Å²) in [6, 6.07) is 11.8. The molecule has 0 amide bonds. The number of carbonyl (C=O) groups excluding carboxylic acids is 1. The van der Waals surface area contributed by atoms with E-state index in [1.165, 1.54) is 0 Å². The zero-order chi connectivity index (χ0) is 23.5. The van der Waals surface area contributed by atoms with Gasteiger partial charge in [0.25, 0.3) is 0 Å². The lowest BCUT2D eigenvalue weighted by molar-refractivity contribution is 0.0705. The number of nitrogens with zero attached hydrogens (tertiary/aromatic N) is 1. The second-order valence-corrected chi connectivity index (χ2v) is 7.68. The fourth-order valence-electron chi connectivity index (χ4n) is 3.96. The van der Waals surface area contributed by atoms with Crippen molar-refractivity contribution in [2.24, 2.45) is 0 Å². The Labute approximate surface area is 191 Å². The SMILES string of the molecule is COCc1c(OC(=O)OC(C)C)ncc2[nH]c3cc(OC)c(OC)c(-c4ccccc4)c3c12. The van der Waals surface area contributed by atoms with E-state index in [0.717, 1.165) is 32.9 Å². The number of aromatic nitrogens is 2. The largest absolute Gasteiger partial charge is 0.515 e. The monoisotopic (exact) mass is 450 g/mol.